The quantitative estimate of drug-likeness (QED) is 0.744. The van der Waals surface area contributed by atoms with Crippen LogP contribution < -0.4 is 4.74 Å². The second-order valence-corrected chi connectivity index (χ2v) is 3.28. The second-order valence-electron chi connectivity index (χ2n) is 1.91. The SMILES string of the molecule is COc1ncc(Cl)cc1S(=O)O. The molecular weight excluding hydrogens is 202 g/mol. The van der Waals surface area contributed by atoms with Crippen molar-refractivity contribution in [3.63, 3.8) is 0 Å². The first-order chi connectivity index (χ1) is 5.65. The van der Waals surface area contributed by atoms with Gasteiger partial charge in [-0.1, -0.05) is 11.6 Å². The number of halogens is 1. The van der Waals surface area contributed by atoms with Crippen molar-refractivity contribution in [3.05, 3.63) is 17.3 Å². The van der Waals surface area contributed by atoms with E-state index < -0.39 is 11.1 Å². The molecule has 1 heterocycles. The van der Waals surface area contributed by atoms with Crippen LogP contribution in [0.3, 0.4) is 0 Å². The molecule has 0 aliphatic rings. The smallest absolute Gasteiger partial charge is 0.232 e. The van der Waals surface area contributed by atoms with Gasteiger partial charge in [0.15, 0.2) is 11.1 Å². The van der Waals surface area contributed by atoms with Crippen LogP contribution in [0.4, 0.5) is 0 Å². The van der Waals surface area contributed by atoms with E-state index in [1.54, 1.807) is 0 Å². The third kappa shape index (κ3) is 1.94. The van der Waals surface area contributed by atoms with Crippen molar-refractivity contribution in [2.24, 2.45) is 0 Å². The van der Waals surface area contributed by atoms with Gasteiger partial charge in [0.25, 0.3) is 0 Å². The summed E-state index contributed by atoms with van der Waals surface area (Å²) in [5.41, 5.74) is 0. The minimum Gasteiger partial charge on any atom is -0.480 e. The zero-order valence-electron chi connectivity index (χ0n) is 6.15. The number of hydrogen-bond donors (Lipinski definition) is 1. The molecule has 66 valence electrons. The average molecular weight is 208 g/mol. The summed E-state index contributed by atoms with van der Waals surface area (Å²) in [5, 5.41) is 0.299. The molecule has 0 bridgehead atoms. The lowest BCUT2D eigenvalue weighted by Crippen LogP contribution is -1.96. The first-order valence-electron chi connectivity index (χ1n) is 2.95. The second kappa shape index (κ2) is 3.84. The Bertz CT molecular complexity index is 318. The Morgan fingerprint density at radius 1 is 1.75 bits per heavy atom. The molecule has 4 nitrogen and oxygen atoms in total. The summed E-state index contributed by atoms with van der Waals surface area (Å²) < 4.78 is 24.2. The Morgan fingerprint density at radius 3 is 2.92 bits per heavy atom. The van der Waals surface area contributed by atoms with E-state index in [1.807, 2.05) is 0 Å². The zero-order valence-corrected chi connectivity index (χ0v) is 7.72. The molecule has 0 spiro atoms. The molecule has 1 aromatic rings. The molecule has 1 atom stereocenters. The van der Waals surface area contributed by atoms with Crippen LogP contribution in [0.5, 0.6) is 5.88 Å². The lowest BCUT2D eigenvalue weighted by atomic mass is 10.5. The number of pyridine rings is 1. The summed E-state index contributed by atoms with van der Waals surface area (Å²) >= 11 is 3.43. The molecule has 6 heteroatoms. The van der Waals surface area contributed by atoms with Crippen LogP contribution in [0, 0.1) is 0 Å². The monoisotopic (exact) mass is 207 g/mol. The predicted octanol–water partition coefficient (Wildman–Crippen LogP) is 1.32. The van der Waals surface area contributed by atoms with E-state index in [4.69, 9.17) is 20.9 Å². The molecule has 0 aromatic carbocycles. The molecule has 0 aliphatic carbocycles. The van der Waals surface area contributed by atoms with Crippen molar-refractivity contribution in [2.75, 3.05) is 7.11 Å². The fourth-order valence-electron chi connectivity index (χ4n) is 0.687. The first-order valence-corrected chi connectivity index (χ1v) is 4.44. The van der Waals surface area contributed by atoms with Gasteiger partial charge in [-0.3, -0.25) is 0 Å². The number of rotatable bonds is 2. The fourth-order valence-corrected chi connectivity index (χ4v) is 1.42. The predicted molar refractivity (Wildman–Crippen MR) is 44.8 cm³/mol. The number of hydrogen-bond acceptors (Lipinski definition) is 3. The highest BCUT2D eigenvalue weighted by Crippen LogP contribution is 2.21. The zero-order chi connectivity index (χ0) is 9.14. The molecule has 12 heavy (non-hydrogen) atoms. The number of methoxy groups -OCH3 is 1. The van der Waals surface area contributed by atoms with E-state index >= 15 is 0 Å². The minimum absolute atomic E-state index is 0.0741. The van der Waals surface area contributed by atoms with E-state index in [2.05, 4.69) is 4.98 Å². The number of nitrogens with zero attached hydrogens (tertiary/aromatic N) is 1. The van der Waals surface area contributed by atoms with E-state index in [-0.39, 0.29) is 10.8 Å². The van der Waals surface area contributed by atoms with Crippen molar-refractivity contribution < 1.29 is 13.5 Å². The van der Waals surface area contributed by atoms with Gasteiger partial charge in [-0.25, -0.2) is 9.19 Å². The Hall–Kier alpha value is -0.650. The Kier molecular flexibility index (Phi) is 3.02. The van der Waals surface area contributed by atoms with Crippen LogP contribution in [0.2, 0.25) is 5.02 Å². The molecule has 0 radical (unpaired) electrons. The largest absolute Gasteiger partial charge is 0.480 e. The third-order valence-electron chi connectivity index (χ3n) is 1.17. The summed E-state index contributed by atoms with van der Waals surface area (Å²) in [6.07, 6.45) is 1.34. The van der Waals surface area contributed by atoms with Crippen molar-refractivity contribution in [1.82, 2.24) is 4.98 Å². The maximum absolute atomic E-state index is 10.7. The number of ether oxygens (including phenoxy) is 1. The van der Waals surface area contributed by atoms with E-state index in [0.717, 1.165) is 0 Å². The molecule has 0 saturated heterocycles. The van der Waals surface area contributed by atoms with Gasteiger partial charge in [-0.15, -0.1) is 0 Å². The molecular formula is C6H6ClNO3S. The van der Waals surface area contributed by atoms with Gasteiger partial charge in [-0.2, -0.15) is 0 Å². The van der Waals surface area contributed by atoms with Crippen LogP contribution >= 0.6 is 11.6 Å². The lowest BCUT2D eigenvalue weighted by Gasteiger charge is -2.02. The van der Waals surface area contributed by atoms with Gasteiger partial charge in [-0.05, 0) is 6.07 Å². The molecule has 0 amide bonds. The summed E-state index contributed by atoms with van der Waals surface area (Å²) in [7, 11) is 1.37. The maximum Gasteiger partial charge on any atom is 0.232 e. The number of aromatic nitrogens is 1. The fraction of sp³-hybridized carbons (Fsp3) is 0.167. The topological polar surface area (TPSA) is 59.4 Å². The Morgan fingerprint density at radius 2 is 2.42 bits per heavy atom. The van der Waals surface area contributed by atoms with Crippen molar-refractivity contribution in [1.29, 1.82) is 0 Å². The summed E-state index contributed by atoms with van der Waals surface area (Å²) in [5.74, 6) is 0.111. The van der Waals surface area contributed by atoms with Gasteiger partial charge in [0, 0.05) is 6.20 Å². The highest BCUT2D eigenvalue weighted by Gasteiger charge is 2.10. The Labute approximate surface area is 76.8 Å². The van der Waals surface area contributed by atoms with Gasteiger partial charge < -0.3 is 9.29 Å². The molecule has 1 rings (SSSR count). The van der Waals surface area contributed by atoms with Crippen LogP contribution in [0.1, 0.15) is 0 Å². The summed E-state index contributed by atoms with van der Waals surface area (Å²) in [6, 6.07) is 1.34. The third-order valence-corrected chi connectivity index (χ3v) is 2.04. The van der Waals surface area contributed by atoms with Crippen molar-refractivity contribution in [3.8, 4) is 5.88 Å². The van der Waals surface area contributed by atoms with Crippen LogP contribution in [0.25, 0.3) is 0 Å². The highest BCUT2D eigenvalue weighted by atomic mass is 35.5. The minimum atomic E-state index is -2.12. The summed E-state index contributed by atoms with van der Waals surface area (Å²) in [6.45, 7) is 0. The molecule has 0 aliphatic heterocycles. The van der Waals surface area contributed by atoms with Crippen molar-refractivity contribution in [2.45, 2.75) is 4.90 Å². The normalized spacial score (nSPS) is 12.6. The maximum atomic E-state index is 10.7. The van der Waals surface area contributed by atoms with Gasteiger partial charge in [0.05, 0.1) is 12.1 Å². The van der Waals surface area contributed by atoms with Crippen LogP contribution in [-0.4, -0.2) is 20.9 Å². The molecule has 0 saturated carbocycles. The Balaban J connectivity index is 3.21. The molecule has 0 fully saturated rings. The van der Waals surface area contributed by atoms with E-state index in [9.17, 15) is 4.21 Å². The summed E-state index contributed by atoms with van der Waals surface area (Å²) in [4.78, 5) is 3.78. The molecule has 1 unspecified atom stereocenters. The molecule has 1 N–H and O–H groups in total. The molecule has 1 aromatic heterocycles. The standard InChI is InChI=1S/C6H6ClNO3S/c1-11-6-5(12(9)10)2-4(7)3-8-6/h2-3H,1H3,(H,9,10). The van der Waals surface area contributed by atoms with E-state index in [0.29, 0.717) is 5.02 Å². The van der Waals surface area contributed by atoms with Crippen molar-refractivity contribution >= 4 is 22.7 Å². The van der Waals surface area contributed by atoms with Crippen LogP contribution in [-0.2, 0) is 11.1 Å². The van der Waals surface area contributed by atoms with E-state index in [1.165, 1.54) is 19.4 Å². The van der Waals surface area contributed by atoms with Crippen LogP contribution in [0.15, 0.2) is 17.2 Å². The van der Waals surface area contributed by atoms with Gasteiger partial charge in [0.1, 0.15) is 4.90 Å². The first kappa shape index (κ1) is 9.44. The van der Waals surface area contributed by atoms with Gasteiger partial charge >= 0.3 is 0 Å². The van der Waals surface area contributed by atoms with Gasteiger partial charge in [0.2, 0.25) is 5.88 Å². The average Bonchev–Trinajstić information content (AvgIpc) is 2.04. The highest BCUT2D eigenvalue weighted by molar-refractivity contribution is 7.79. The lowest BCUT2D eigenvalue weighted by molar-refractivity contribution is 0.384.